The fourth-order valence-corrected chi connectivity index (χ4v) is 3.63. The van der Waals surface area contributed by atoms with E-state index in [0.717, 1.165) is 11.3 Å². The van der Waals surface area contributed by atoms with E-state index in [9.17, 15) is 9.59 Å². The van der Waals surface area contributed by atoms with E-state index in [1.807, 2.05) is 48.5 Å². The van der Waals surface area contributed by atoms with Gasteiger partial charge in [-0.15, -0.1) is 0 Å². The molecule has 1 aliphatic heterocycles. The van der Waals surface area contributed by atoms with E-state index in [-0.39, 0.29) is 6.04 Å². The SMILES string of the molecule is COC(=O)[C@@H]1[C@@H](C(=O)OC)CN(Cc2ccccc2)[C@H]1c1ccccn1. The highest BCUT2D eigenvalue weighted by Crippen LogP contribution is 2.42. The zero-order chi connectivity index (χ0) is 18.5. The van der Waals surface area contributed by atoms with Crippen LogP contribution in [0.25, 0.3) is 0 Å². The van der Waals surface area contributed by atoms with Gasteiger partial charge in [-0.05, 0) is 17.7 Å². The number of rotatable bonds is 5. The second kappa shape index (κ2) is 8.10. The number of esters is 2. The lowest BCUT2D eigenvalue weighted by Crippen LogP contribution is -2.32. The highest BCUT2D eigenvalue weighted by atomic mass is 16.5. The van der Waals surface area contributed by atoms with Gasteiger partial charge in [-0.3, -0.25) is 19.5 Å². The summed E-state index contributed by atoms with van der Waals surface area (Å²) in [6, 6.07) is 15.2. The van der Waals surface area contributed by atoms with Crippen LogP contribution >= 0.6 is 0 Å². The van der Waals surface area contributed by atoms with Crippen LogP contribution in [0.15, 0.2) is 54.7 Å². The van der Waals surface area contributed by atoms with Gasteiger partial charge in [0, 0.05) is 19.3 Å². The summed E-state index contributed by atoms with van der Waals surface area (Å²) in [5.74, 6) is -2.09. The first-order valence-corrected chi connectivity index (χ1v) is 8.50. The minimum absolute atomic E-state index is 0.354. The molecule has 0 spiro atoms. The van der Waals surface area contributed by atoms with Gasteiger partial charge in [-0.2, -0.15) is 0 Å². The molecule has 0 saturated carbocycles. The Morgan fingerprint density at radius 2 is 1.73 bits per heavy atom. The molecule has 136 valence electrons. The first-order valence-electron chi connectivity index (χ1n) is 8.50. The van der Waals surface area contributed by atoms with Gasteiger partial charge in [0.2, 0.25) is 0 Å². The number of pyridine rings is 1. The number of hydrogen-bond acceptors (Lipinski definition) is 6. The van der Waals surface area contributed by atoms with Crippen molar-refractivity contribution in [3.8, 4) is 0 Å². The van der Waals surface area contributed by atoms with E-state index in [4.69, 9.17) is 9.47 Å². The molecule has 0 radical (unpaired) electrons. The van der Waals surface area contributed by atoms with Crippen molar-refractivity contribution in [2.75, 3.05) is 20.8 Å². The van der Waals surface area contributed by atoms with Gasteiger partial charge in [0.25, 0.3) is 0 Å². The van der Waals surface area contributed by atoms with E-state index in [1.54, 1.807) is 6.20 Å². The highest BCUT2D eigenvalue weighted by Gasteiger charge is 2.51. The quantitative estimate of drug-likeness (QED) is 0.767. The smallest absolute Gasteiger partial charge is 0.311 e. The third-order valence-corrected chi connectivity index (χ3v) is 4.79. The maximum atomic E-state index is 12.5. The fourth-order valence-electron chi connectivity index (χ4n) is 3.63. The van der Waals surface area contributed by atoms with Crippen molar-refractivity contribution < 1.29 is 19.1 Å². The second-order valence-electron chi connectivity index (χ2n) is 6.29. The summed E-state index contributed by atoms with van der Waals surface area (Å²) >= 11 is 0. The Balaban J connectivity index is 2.00. The van der Waals surface area contributed by atoms with Crippen LogP contribution in [0, 0.1) is 11.8 Å². The molecule has 0 N–H and O–H groups in total. The van der Waals surface area contributed by atoms with Crippen molar-refractivity contribution in [3.05, 3.63) is 66.0 Å². The summed E-state index contributed by atoms with van der Waals surface area (Å²) in [5.41, 5.74) is 1.84. The summed E-state index contributed by atoms with van der Waals surface area (Å²) in [4.78, 5) is 31.4. The van der Waals surface area contributed by atoms with Crippen LogP contribution < -0.4 is 0 Å². The Morgan fingerprint density at radius 3 is 2.35 bits per heavy atom. The Morgan fingerprint density at radius 1 is 1.04 bits per heavy atom. The van der Waals surface area contributed by atoms with Crippen LogP contribution in [0.4, 0.5) is 0 Å². The topological polar surface area (TPSA) is 68.7 Å². The molecule has 2 heterocycles. The number of benzene rings is 1. The molecule has 3 rings (SSSR count). The molecule has 6 heteroatoms. The molecule has 3 atom stereocenters. The monoisotopic (exact) mass is 354 g/mol. The van der Waals surface area contributed by atoms with Gasteiger partial charge in [0.1, 0.15) is 0 Å². The highest BCUT2D eigenvalue weighted by molar-refractivity contribution is 5.83. The fraction of sp³-hybridized carbons (Fsp3) is 0.350. The van der Waals surface area contributed by atoms with Crippen molar-refractivity contribution in [1.82, 2.24) is 9.88 Å². The molecular weight excluding hydrogens is 332 g/mol. The van der Waals surface area contributed by atoms with Gasteiger partial charge in [0.05, 0.1) is 37.8 Å². The van der Waals surface area contributed by atoms with Crippen molar-refractivity contribution in [2.45, 2.75) is 12.6 Å². The Bertz CT molecular complexity index is 751. The normalized spacial score (nSPS) is 22.8. The van der Waals surface area contributed by atoms with Crippen LogP contribution in [0.1, 0.15) is 17.3 Å². The van der Waals surface area contributed by atoms with Crippen LogP contribution in [0.2, 0.25) is 0 Å². The van der Waals surface area contributed by atoms with Crippen molar-refractivity contribution in [3.63, 3.8) is 0 Å². The largest absolute Gasteiger partial charge is 0.469 e. The van der Waals surface area contributed by atoms with Crippen LogP contribution in [0.5, 0.6) is 0 Å². The molecule has 0 unspecified atom stereocenters. The van der Waals surface area contributed by atoms with Crippen molar-refractivity contribution in [1.29, 1.82) is 0 Å². The third-order valence-electron chi connectivity index (χ3n) is 4.79. The number of nitrogens with zero attached hydrogens (tertiary/aromatic N) is 2. The lowest BCUT2D eigenvalue weighted by Gasteiger charge is -2.26. The maximum absolute atomic E-state index is 12.5. The molecule has 0 bridgehead atoms. The third kappa shape index (κ3) is 3.60. The summed E-state index contributed by atoms with van der Waals surface area (Å²) in [7, 11) is 2.68. The lowest BCUT2D eigenvalue weighted by atomic mass is 9.88. The predicted molar refractivity (Wildman–Crippen MR) is 94.8 cm³/mol. The minimum atomic E-state index is -0.661. The van der Waals surface area contributed by atoms with Crippen LogP contribution in [0.3, 0.4) is 0 Å². The van der Waals surface area contributed by atoms with Gasteiger partial charge in [-0.25, -0.2) is 0 Å². The molecule has 1 aromatic heterocycles. The van der Waals surface area contributed by atoms with Crippen LogP contribution in [-0.2, 0) is 25.6 Å². The number of aromatic nitrogens is 1. The Kier molecular flexibility index (Phi) is 5.63. The Labute approximate surface area is 152 Å². The molecule has 0 aliphatic carbocycles. The van der Waals surface area contributed by atoms with Gasteiger partial charge in [0.15, 0.2) is 0 Å². The zero-order valence-corrected chi connectivity index (χ0v) is 14.9. The summed E-state index contributed by atoms with van der Waals surface area (Å²) < 4.78 is 9.96. The molecule has 1 fully saturated rings. The molecule has 1 aromatic carbocycles. The number of hydrogen-bond donors (Lipinski definition) is 0. The van der Waals surface area contributed by atoms with Crippen molar-refractivity contribution in [2.24, 2.45) is 11.8 Å². The summed E-state index contributed by atoms with van der Waals surface area (Å²) in [5, 5.41) is 0. The molecule has 1 saturated heterocycles. The van der Waals surface area contributed by atoms with E-state index >= 15 is 0 Å². The van der Waals surface area contributed by atoms with Crippen molar-refractivity contribution >= 4 is 11.9 Å². The molecule has 26 heavy (non-hydrogen) atoms. The Hall–Kier alpha value is -2.73. The molecular formula is C20H22N2O4. The molecule has 2 aromatic rings. The molecule has 0 amide bonds. The van der Waals surface area contributed by atoms with Crippen LogP contribution in [-0.4, -0.2) is 42.6 Å². The standard InChI is InChI=1S/C20H22N2O4/c1-25-19(23)15-13-22(12-14-8-4-3-5-9-14)18(17(15)20(24)26-2)16-10-6-7-11-21-16/h3-11,15,17-18H,12-13H2,1-2H3/t15-,17+,18-/m0/s1. The first-order chi connectivity index (χ1) is 12.7. The average Bonchev–Trinajstić information content (AvgIpc) is 3.07. The van der Waals surface area contributed by atoms with E-state index in [1.165, 1.54) is 14.2 Å². The average molecular weight is 354 g/mol. The number of methoxy groups -OCH3 is 2. The molecule has 1 aliphatic rings. The summed E-state index contributed by atoms with van der Waals surface area (Å²) in [6.45, 7) is 1.01. The van der Waals surface area contributed by atoms with E-state index in [0.29, 0.717) is 13.1 Å². The lowest BCUT2D eigenvalue weighted by molar-refractivity contribution is -0.156. The minimum Gasteiger partial charge on any atom is -0.469 e. The number of ether oxygens (including phenoxy) is 2. The first kappa shape index (κ1) is 18.1. The van der Waals surface area contributed by atoms with E-state index < -0.39 is 23.8 Å². The second-order valence-corrected chi connectivity index (χ2v) is 6.29. The zero-order valence-electron chi connectivity index (χ0n) is 14.9. The maximum Gasteiger partial charge on any atom is 0.311 e. The van der Waals surface area contributed by atoms with Gasteiger partial charge >= 0.3 is 11.9 Å². The van der Waals surface area contributed by atoms with Gasteiger partial charge < -0.3 is 9.47 Å². The predicted octanol–water partition coefficient (Wildman–Crippen LogP) is 2.22. The number of carbonyl (C=O) groups excluding carboxylic acids is 2. The van der Waals surface area contributed by atoms with E-state index in [2.05, 4.69) is 9.88 Å². The van der Waals surface area contributed by atoms with Gasteiger partial charge in [-0.1, -0.05) is 36.4 Å². The summed E-state index contributed by atoms with van der Waals surface area (Å²) in [6.07, 6.45) is 1.69. The number of carbonyl (C=O) groups is 2. The molecule has 6 nitrogen and oxygen atoms in total. The number of likely N-dealkylation sites (tertiary alicyclic amines) is 1.